The van der Waals surface area contributed by atoms with Gasteiger partial charge in [0.2, 0.25) is 0 Å². The maximum atomic E-state index is 13.0. The van der Waals surface area contributed by atoms with Gasteiger partial charge in [-0.2, -0.15) is 10.2 Å². The summed E-state index contributed by atoms with van der Waals surface area (Å²) in [6.07, 6.45) is 3.76. The van der Waals surface area contributed by atoms with E-state index in [1.807, 2.05) is 54.9 Å². The van der Waals surface area contributed by atoms with Crippen LogP contribution in [0.15, 0.2) is 76.7 Å². The van der Waals surface area contributed by atoms with E-state index >= 15 is 0 Å². The molecule has 1 aliphatic rings. The Bertz CT molecular complexity index is 1730. The smallest absolute Gasteiger partial charge is 0.295 e. The van der Waals surface area contributed by atoms with Crippen LogP contribution < -0.4 is 15.0 Å². The van der Waals surface area contributed by atoms with Crippen LogP contribution in [0.25, 0.3) is 5.69 Å². The van der Waals surface area contributed by atoms with E-state index in [4.69, 9.17) is 5.10 Å². The number of hydrogen-bond donors (Lipinski definition) is 2. The fraction of sp³-hybridized carbons (Fsp3) is 0.241. The number of hydrogen-bond acceptors (Lipinski definition) is 8. The second kappa shape index (κ2) is 11.4. The molecule has 0 atom stereocenters. The molecule has 0 bridgehead atoms. The van der Waals surface area contributed by atoms with Crippen LogP contribution in [-0.2, 0) is 10.0 Å². The maximum Gasteiger partial charge on any atom is 0.295 e. The zero-order valence-corrected chi connectivity index (χ0v) is 23.9. The van der Waals surface area contributed by atoms with Gasteiger partial charge < -0.3 is 4.90 Å². The van der Waals surface area contributed by atoms with Gasteiger partial charge in [0.1, 0.15) is 11.5 Å². The number of sulfonamides is 1. The van der Waals surface area contributed by atoms with Crippen molar-refractivity contribution in [2.75, 3.05) is 28.1 Å². The van der Waals surface area contributed by atoms with E-state index in [0.717, 1.165) is 65.9 Å². The molecule has 0 radical (unpaired) electrons. The van der Waals surface area contributed by atoms with E-state index in [1.54, 1.807) is 25.3 Å². The highest BCUT2D eigenvalue weighted by atomic mass is 32.2. The molecular weight excluding hydrogens is 542 g/mol. The standard InChI is InChI=1S/C29H31N7O4S/c1-20-11-13-26(21(2)17-20)33-41(39,40)24-12-14-27(28(18-24)36(37)38)31-30-19-25-22(3)32-35(23-9-5-4-6-10-23)29(25)34-15-7-8-16-34/h4-6,9-14,17-19,31,33H,7-8,15-16H2,1-3H3/b30-19-. The summed E-state index contributed by atoms with van der Waals surface area (Å²) < 4.78 is 30.5. The summed E-state index contributed by atoms with van der Waals surface area (Å²) in [4.78, 5) is 13.3. The van der Waals surface area contributed by atoms with Crippen molar-refractivity contribution in [3.63, 3.8) is 0 Å². The molecule has 3 aromatic carbocycles. The molecule has 0 spiro atoms. The van der Waals surface area contributed by atoms with E-state index in [9.17, 15) is 18.5 Å². The molecule has 5 rings (SSSR count). The zero-order chi connectivity index (χ0) is 29.1. The van der Waals surface area contributed by atoms with Crippen molar-refractivity contribution in [1.82, 2.24) is 9.78 Å². The summed E-state index contributed by atoms with van der Waals surface area (Å²) in [5, 5.41) is 21.0. The Kier molecular flexibility index (Phi) is 7.75. The lowest BCUT2D eigenvalue weighted by Gasteiger charge is -2.20. The van der Waals surface area contributed by atoms with Gasteiger partial charge in [0.15, 0.2) is 0 Å². The highest BCUT2D eigenvalue weighted by Gasteiger charge is 2.25. The Hall–Kier alpha value is -4.71. The third kappa shape index (κ3) is 5.92. The molecule has 1 aromatic heterocycles. The molecule has 0 aliphatic carbocycles. The Morgan fingerprint density at radius 2 is 1.68 bits per heavy atom. The number of anilines is 3. The molecule has 1 fully saturated rings. The van der Waals surface area contributed by atoms with Crippen molar-refractivity contribution in [2.24, 2.45) is 5.10 Å². The number of benzene rings is 3. The average molecular weight is 574 g/mol. The molecular formula is C29H31N7O4S. The van der Waals surface area contributed by atoms with Gasteiger partial charge in [-0.15, -0.1) is 0 Å². The van der Waals surface area contributed by atoms with E-state index < -0.39 is 20.6 Å². The van der Waals surface area contributed by atoms with E-state index in [1.165, 1.54) is 12.1 Å². The van der Waals surface area contributed by atoms with Crippen LogP contribution in [0.4, 0.5) is 22.9 Å². The van der Waals surface area contributed by atoms with Crippen LogP contribution in [0.1, 0.15) is 35.2 Å². The molecule has 0 unspecified atom stereocenters. The number of hydrazone groups is 1. The number of para-hydroxylation sites is 1. The van der Waals surface area contributed by atoms with Gasteiger partial charge >= 0.3 is 0 Å². The summed E-state index contributed by atoms with van der Waals surface area (Å²) in [5.74, 6) is 0.908. The lowest BCUT2D eigenvalue weighted by Crippen LogP contribution is -2.22. The zero-order valence-electron chi connectivity index (χ0n) is 23.0. The van der Waals surface area contributed by atoms with Gasteiger partial charge in [0.05, 0.1) is 38.7 Å². The molecule has 41 heavy (non-hydrogen) atoms. The fourth-order valence-electron chi connectivity index (χ4n) is 4.88. The minimum absolute atomic E-state index is 0.0625. The van der Waals surface area contributed by atoms with Crippen LogP contribution >= 0.6 is 0 Å². The van der Waals surface area contributed by atoms with Crippen molar-refractivity contribution < 1.29 is 13.3 Å². The SMILES string of the molecule is Cc1ccc(NS(=O)(=O)c2ccc(N/N=C\c3c(C)nn(-c4ccccc4)c3N3CCCC3)c([N+](=O)[O-])c2)c(C)c1. The molecule has 0 amide bonds. The van der Waals surface area contributed by atoms with Crippen LogP contribution in [0, 0.1) is 30.9 Å². The van der Waals surface area contributed by atoms with Gasteiger partial charge in [-0.05, 0) is 69.5 Å². The summed E-state index contributed by atoms with van der Waals surface area (Å²) in [7, 11) is -4.07. The minimum atomic E-state index is -4.07. The highest BCUT2D eigenvalue weighted by molar-refractivity contribution is 7.92. The molecule has 0 saturated carbocycles. The minimum Gasteiger partial charge on any atom is -0.356 e. The molecule has 1 aliphatic heterocycles. The third-order valence-electron chi connectivity index (χ3n) is 6.97. The van der Waals surface area contributed by atoms with Crippen molar-refractivity contribution in [3.8, 4) is 5.69 Å². The third-order valence-corrected chi connectivity index (χ3v) is 8.33. The number of aromatic nitrogens is 2. The first-order chi connectivity index (χ1) is 19.6. The normalized spacial score (nSPS) is 13.6. The fourth-order valence-corrected chi connectivity index (χ4v) is 6.03. The number of nitrogens with zero attached hydrogens (tertiary/aromatic N) is 5. The average Bonchev–Trinajstić information content (AvgIpc) is 3.59. The summed E-state index contributed by atoms with van der Waals surface area (Å²) in [5.41, 5.74) is 7.01. The monoisotopic (exact) mass is 573 g/mol. The molecule has 1 saturated heterocycles. The van der Waals surface area contributed by atoms with Crippen molar-refractivity contribution in [3.05, 3.63) is 99.2 Å². The predicted octanol–water partition coefficient (Wildman–Crippen LogP) is 5.55. The first kappa shape index (κ1) is 27.8. The number of nitro benzene ring substituents is 1. The van der Waals surface area contributed by atoms with Gasteiger partial charge in [-0.3, -0.25) is 20.3 Å². The second-order valence-corrected chi connectivity index (χ2v) is 11.7. The molecule has 212 valence electrons. The van der Waals surface area contributed by atoms with Crippen LogP contribution in [0.5, 0.6) is 0 Å². The molecule has 11 nitrogen and oxygen atoms in total. The van der Waals surface area contributed by atoms with E-state index in [2.05, 4.69) is 20.1 Å². The first-order valence-corrected chi connectivity index (χ1v) is 14.7. The van der Waals surface area contributed by atoms with Gasteiger partial charge in [-0.25, -0.2) is 13.1 Å². The van der Waals surface area contributed by atoms with Crippen LogP contribution in [0.2, 0.25) is 0 Å². The Labute approximate surface area is 238 Å². The Morgan fingerprint density at radius 3 is 2.37 bits per heavy atom. The van der Waals surface area contributed by atoms with Gasteiger partial charge in [-0.1, -0.05) is 35.9 Å². The number of rotatable bonds is 9. The predicted molar refractivity (Wildman–Crippen MR) is 161 cm³/mol. The highest BCUT2D eigenvalue weighted by Crippen LogP contribution is 2.31. The molecule has 4 aromatic rings. The van der Waals surface area contributed by atoms with Crippen molar-refractivity contribution in [2.45, 2.75) is 38.5 Å². The summed E-state index contributed by atoms with van der Waals surface area (Å²) >= 11 is 0. The maximum absolute atomic E-state index is 13.0. The lowest BCUT2D eigenvalue weighted by molar-refractivity contribution is -0.384. The van der Waals surface area contributed by atoms with Crippen LogP contribution in [0.3, 0.4) is 0 Å². The van der Waals surface area contributed by atoms with Crippen molar-refractivity contribution in [1.29, 1.82) is 0 Å². The lowest BCUT2D eigenvalue weighted by atomic mass is 10.1. The summed E-state index contributed by atoms with van der Waals surface area (Å²) in [6, 6.07) is 18.8. The van der Waals surface area contributed by atoms with Crippen molar-refractivity contribution >= 4 is 39.1 Å². The van der Waals surface area contributed by atoms with E-state index in [-0.39, 0.29) is 10.6 Å². The number of nitrogens with one attached hydrogen (secondary N) is 2. The quantitative estimate of drug-likeness (QED) is 0.152. The van der Waals surface area contributed by atoms with E-state index in [0.29, 0.717) is 5.69 Å². The number of nitro groups is 1. The van der Waals surface area contributed by atoms with Gasteiger partial charge in [0.25, 0.3) is 15.7 Å². The van der Waals surface area contributed by atoms with Crippen LogP contribution in [-0.4, -0.2) is 42.4 Å². The molecule has 12 heteroatoms. The largest absolute Gasteiger partial charge is 0.356 e. The molecule has 2 N–H and O–H groups in total. The number of aryl methyl sites for hydroxylation is 3. The Balaban J connectivity index is 1.43. The second-order valence-electron chi connectivity index (χ2n) is 9.99. The molecule has 2 heterocycles. The van der Waals surface area contributed by atoms with Gasteiger partial charge in [0, 0.05) is 19.2 Å². The topological polar surface area (TPSA) is 135 Å². The summed E-state index contributed by atoms with van der Waals surface area (Å²) in [6.45, 7) is 7.38. The Morgan fingerprint density at radius 1 is 0.976 bits per heavy atom. The first-order valence-electron chi connectivity index (χ1n) is 13.2.